The molecule has 0 aromatic heterocycles. The van der Waals surface area contributed by atoms with Gasteiger partial charge in [-0.3, -0.25) is 4.79 Å². The molecule has 0 fully saturated rings. The van der Waals surface area contributed by atoms with Crippen molar-refractivity contribution in [2.75, 3.05) is 12.4 Å². The zero-order valence-electron chi connectivity index (χ0n) is 10.2. The molecule has 0 amide bonds. The zero-order valence-corrected chi connectivity index (χ0v) is 11.0. The van der Waals surface area contributed by atoms with Gasteiger partial charge in [0.15, 0.2) is 5.78 Å². The molecule has 17 heavy (non-hydrogen) atoms. The lowest BCUT2D eigenvalue weighted by Gasteiger charge is -2.12. The average molecular weight is 248 g/mol. The first-order valence-corrected chi connectivity index (χ1v) is 5.73. The van der Waals surface area contributed by atoms with Gasteiger partial charge in [0.05, 0.1) is 5.57 Å². The van der Waals surface area contributed by atoms with E-state index >= 15 is 0 Å². The van der Waals surface area contributed by atoms with E-state index in [1.807, 2.05) is 37.3 Å². The fourth-order valence-corrected chi connectivity index (χ4v) is 1.82. The zero-order chi connectivity index (χ0) is 12.8. The Balaban J connectivity index is 3.01. The molecule has 0 saturated heterocycles. The van der Waals surface area contributed by atoms with Crippen molar-refractivity contribution in [3.63, 3.8) is 0 Å². The van der Waals surface area contributed by atoms with Crippen molar-refractivity contribution in [3.8, 4) is 0 Å². The van der Waals surface area contributed by atoms with Crippen LogP contribution in [0.25, 0.3) is 0 Å². The van der Waals surface area contributed by atoms with Crippen LogP contribution in [0.2, 0.25) is 0 Å². The van der Waals surface area contributed by atoms with E-state index in [4.69, 9.17) is 12.2 Å². The minimum absolute atomic E-state index is 0.0507. The van der Waals surface area contributed by atoms with Crippen LogP contribution in [0, 0.1) is 0 Å². The van der Waals surface area contributed by atoms with Crippen LogP contribution in [0.5, 0.6) is 0 Å². The summed E-state index contributed by atoms with van der Waals surface area (Å²) >= 11 is 5.12. The van der Waals surface area contributed by atoms with Gasteiger partial charge in [0, 0.05) is 18.4 Å². The number of Topliss-reactive ketones (excluding diaryl/α,β-unsaturated/α-hetero) is 1. The second kappa shape index (κ2) is 6.15. The number of rotatable bonds is 4. The van der Waals surface area contributed by atoms with E-state index in [1.165, 1.54) is 6.92 Å². The third kappa shape index (κ3) is 3.67. The summed E-state index contributed by atoms with van der Waals surface area (Å²) in [7, 11) is 1.71. The number of hydrogen-bond donors (Lipinski definition) is 2. The molecule has 1 aromatic rings. The first kappa shape index (κ1) is 13.4. The summed E-state index contributed by atoms with van der Waals surface area (Å²) in [5, 5.41) is 6.00. The minimum atomic E-state index is -0.0507. The van der Waals surface area contributed by atoms with E-state index in [0.717, 1.165) is 11.4 Å². The van der Waals surface area contributed by atoms with Gasteiger partial charge in [-0.25, -0.2) is 0 Å². The molecule has 90 valence electrons. The van der Waals surface area contributed by atoms with Crippen LogP contribution in [-0.4, -0.2) is 17.8 Å². The van der Waals surface area contributed by atoms with Crippen LogP contribution >= 0.6 is 12.2 Å². The summed E-state index contributed by atoms with van der Waals surface area (Å²) in [6.07, 6.45) is 0. The summed E-state index contributed by atoms with van der Waals surface area (Å²) in [5.41, 5.74) is 2.21. The predicted molar refractivity (Wildman–Crippen MR) is 75.1 cm³/mol. The molecule has 0 aliphatic carbocycles. The van der Waals surface area contributed by atoms with Crippen molar-refractivity contribution >= 4 is 28.7 Å². The summed E-state index contributed by atoms with van der Waals surface area (Å²) < 4.78 is 0. The SMILES string of the molecule is CNC(=S)/C(C(C)=O)=C(\C)Nc1ccccc1. The van der Waals surface area contributed by atoms with Gasteiger partial charge < -0.3 is 10.6 Å². The van der Waals surface area contributed by atoms with E-state index in [0.29, 0.717) is 10.6 Å². The smallest absolute Gasteiger partial charge is 0.164 e. The minimum Gasteiger partial charge on any atom is -0.379 e. The van der Waals surface area contributed by atoms with Crippen molar-refractivity contribution in [2.45, 2.75) is 13.8 Å². The molecule has 0 aliphatic rings. The maximum Gasteiger partial charge on any atom is 0.164 e. The second-order valence-corrected chi connectivity index (χ2v) is 4.03. The number of hydrogen-bond acceptors (Lipinski definition) is 3. The Kier molecular flexibility index (Phi) is 4.84. The number of ketones is 1. The highest BCUT2D eigenvalue weighted by Gasteiger charge is 2.12. The Bertz CT molecular complexity index is 452. The van der Waals surface area contributed by atoms with Gasteiger partial charge in [-0.2, -0.15) is 0 Å². The molecule has 0 spiro atoms. The molecule has 0 atom stereocenters. The number of allylic oxidation sites excluding steroid dienone is 1. The van der Waals surface area contributed by atoms with Crippen LogP contribution in [0.15, 0.2) is 41.6 Å². The van der Waals surface area contributed by atoms with Crippen LogP contribution in [0.1, 0.15) is 13.8 Å². The van der Waals surface area contributed by atoms with E-state index < -0.39 is 0 Å². The summed E-state index contributed by atoms with van der Waals surface area (Å²) in [5.74, 6) is -0.0507. The van der Waals surface area contributed by atoms with Gasteiger partial charge in [0.25, 0.3) is 0 Å². The maximum atomic E-state index is 11.6. The number of likely N-dealkylation sites (N-methyl/N-ethyl adjacent to an activating group) is 1. The fourth-order valence-electron chi connectivity index (χ4n) is 1.52. The Labute approximate surface area is 107 Å². The molecule has 0 heterocycles. The molecule has 0 radical (unpaired) electrons. The van der Waals surface area contributed by atoms with Crippen molar-refractivity contribution < 1.29 is 4.79 Å². The number of nitrogens with one attached hydrogen (secondary N) is 2. The van der Waals surface area contributed by atoms with Crippen LogP contribution < -0.4 is 10.6 Å². The predicted octanol–water partition coefficient (Wildman–Crippen LogP) is 2.51. The third-order valence-electron chi connectivity index (χ3n) is 2.29. The van der Waals surface area contributed by atoms with Crippen molar-refractivity contribution in [1.82, 2.24) is 5.32 Å². The van der Waals surface area contributed by atoms with Gasteiger partial charge in [0.2, 0.25) is 0 Å². The number of benzene rings is 1. The Morgan fingerprint density at radius 1 is 1.18 bits per heavy atom. The standard InChI is InChI=1S/C13H16N2OS/c1-9(12(10(2)16)13(17)14-3)15-11-7-5-4-6-8-11/h4-8,15H,1-3H3,(H,14,17)/b12-9+. The molecule has 2 N–H and O–H groups in total. The number of para-hydroxylation sites is 1. The quantitative estimate of drug-likeness (QED) is 0.634. The molecule has 0 aliphatic heterocycles. The van der Waals surface area contributed by atoms with E-state index in [1.54, 1.807) is 7.05 Å². The molecular formula is C13H16N2OS. The van der Waals surface area contributed by atoms with Crippen molar-refractivity contribution in [3.05, 3.63) is 41.6 Å². The van der Waals surface area contributed by atoms with Crippen molar-refractivity contribution in [2.24, 2.45) is 0 Å². The molecule has 0 saturated carbocycles. The van der Waals surface area contributed by atoms with Crippen molar-refractivity contribution in [1.29, 1.82) is 0 Å². The third-order valence-corrected chi connectivity index (χ3v) is 2.70. The van der Waals surface area contributed by atoms with Crippen LogP contribution in [-0.2, 0) is 4.79 Å². The first-order valence-electron chi connectivity index (χ1n) is 5.32. The number of anilines is 1. The van der Waals surface area contributed by atoms with Crippen LogP contribution in [0.3, 0.4) is 0 Å². The molecule has 1 rings (SSSR count). The topological polar surface area (TPSA) is 41.1 Å². The fraction of sp³-hybridized carbons (Fsp3) is 0.231. The average Bonchev–Trinajstić information content (AvgIpc) is 2.29. The lowest BCUT2D eigenvalue weighted by Crippen LogP contribution is -2.24. The molecule has 0 bridgehead atoms. The number of thiocarbonyl (C=S) groups is 1. The largest absolute Gasteiger partial charge is 0.379 e. The molecular weight excluding hydrogens is 232 g/mol. The molecule has 4 heteroatoms. The highest BCUT2D eigenvalue weighted by Crippen LogP contribution is 2.13. The van der Waals surface area contributed by atoms with Gasteiger partial charge >= 0.3 is 0 Å². The summed E-state index contributed by atoms with van der Waals surface area (Å²) in [6, 6.07) is 9.67. The van der Waals surface area contributed by atoms with Gasteiger partial charge in [-0.05, 0) is 26.0 Å². The van der Waals surface area contributed by atoms with Gasteiger partial charge in [0.1, 0.15) is 4.99 Å². The lowest BCUT2D eigenvalue weighted by molar-refractivity contribution is -0.113. The van der Waals surface area contributed by atoms with Crippen LogP contribution in [0.4, 0.5) is 5.69 Å². The Morgan fingerprint density at radius 3 is 2.24 bits per heavy atom. The normalized spacial score (nSPS) is 11.5. The maximum absolute atomic E-state index is 11.6. The Hall–Kier alpha value is -1.68. The van der Waals surface area contributed by atoms with Gasteiger partial charge in [-0.15, -0.1) is 0 Å². The van der Waals surface area contributed by atoms with E-state index in [-0.39, 0.29) is 5.78 Å². The van der Waals surface area contributed by atoms with E-state index in [2.05, 4.69) is 10.6 Å². The summed E-state index contributed by atoms with van der Waals surface area (Å²) in [4.78, 5) is 12.0. The molecule has 3 nitrogen and oxygen atoms in total. The van der Waals surface area contributed by atoms with E-state index in [9.17, 15) is 4.79 Å². The first-order chi connectivity index (χ1) is 8.06. The monoisotopic (exact) mass is 248 g/mol. The lowest BCUT2D eigenvalue weighted by atomic mass is 10.1. The number of carbonyl (C=O) groups excluding carboxylic acids is 1. The second-order valence-electron chi connectivity index (χ2n) is 3.63. The summed E-state index contributed by atoms with van der Waals surface area (Å²) in [6.45, 7) is 3.35. The highest BCUT2D eigenvalue weighted by molar-refractivity contribution is 7.80. The number of carbonyl (C=O) groups is 1. The highest BCUT2D eigenvalue weighted by atomic mass is 32.1. The Morgan fingerprint density at radius 2 is 1.76 bits per heavy atom. The molecule has 1 aromatic carbocycles. The molecule has 0 unspecified atom stereocenters. The van der Waals surface area contributed by atoms with Gasteiger partial charge in [-0.1, -0.05) is 30.4 Å².